The zero-order valence-electron chi connectivity index (χ0n) is 42.8. The van der Waals surface area contributed by atoms with Crippen LogP contribution in [-0.4, -0.2) is 134 Å². The summed E-state index contributed by atoms with van der Waals surface area (Å²) in [7, 11) is 3.27. The predicted molar refractivity (Wildman–Crippen MR) is 286 cm³/mol. The Kier molecular flexibility index (Phi) is 22.2. The van der Waals surface area contributed by atoms with Crippen LogP contribution in [0, 0.1) is 0 Å². The Morgan fingerprint density at radius 2 is 0.946 bits per heavy atom. The van der Waals surface area contributed by atoms with Crippen LogP contribution in [0.15, 0.2) is 72.8 Å². The van der Waals surface area contributed by atoms with Crippen LogP contribution in [0.4, 0.5) is 0 Å². The number of rotatable bonds is 20. The van der Waals surface area contributed by atoms with Gasteiger partial charge in [-0.25, -0.2) is 0 Å². The lowest BCUT2D eigenvalue weighted by Crippen LogP contribution is -2.56. The summed E-state index contributed by atoms with van der Waals surface area (Å²) in [6, 6.07) is 17.2. The van der Waals surface area contributed by atoms with Gasteiger partial charge in [0.05, 0.1) is 24.2 Å². The molecule has 402 valence electrons. The minimum absolute atomic E-state index is 0. The van der Waals surface area contributed by atoms with Gasteiger partial charge < -0.3 is 52.3 Å². The SMILES string of the molecule is CN[C@@H](C)C(=O)N[C@@H](CCNC(=O)c1cccc(C(=O)NCC[C@H](NC(=O)[C@H](C)NC)C(=O)N2CCC[C@H]2C(=O)N[C@@H]2CCCc3ccccc32)c1)C(=O)N1CCC[C@H]1C(=O)N[C@@H]1CCCc2ccccc21.Cl.Cl. The van der Waals surface area contributed by atoms with E-state index >= 15 is 0 Å². The number of carbonyl (C=O) groups excluding carboxylic acids is 8. The van der Waals surface area contributed by atoms with Gasteiger partial charge in [-0.05, 0) is 145 Å². The normalized spacial score (nSPS) is 20.3. The maximum atomic E-state index is 14.2. The Bertz CT molecular complexity index is 2320. The smallest absolute Gasteiger partial charge is 0.251 e. The highest BCUT2D eigenvalue weighted by Crippen LogP contribution is 2.32. The van der Waals surface area contributed by atoms with E-state index in [1.54, 1.807) is 46.1 Å². The summed E-state index contributed by atoms with van der Waals surface area (Å²) in [6.07, 6.45) is 7.70. The van der Waals surface area contributed by atoms with Gasteiger partial charge in [0.2, 0.25) is 35.4 Å². The van der Waals surface area contributed by atoms with E-state index in [9.17, 15) is 38.4 Å². The summed E-state index contributed by atoms with van der Waals surface area (Å²) in [5.41, 5.74) is 4.96. The Balaban J connectivity index is 0.00000507. The lowest BCUT2D eigenvalue weighted by molar-refractivity contribution is -0.142. The number of aryl methyl sites for hydroxylation is 2. The Labute approximate surface area is 446 Å². The summed E-state index contributed by atoms with van der Waals surface area (Å²) in [5.74, 6) is -3.12. The number of hydrogen-bond acceptors (Lipinski definition) is 10. The number of amides is 8. The van der Waals surface area contributed by atoms with E-state index in [-0.39, 0.29) is 85.8 Å². The van der Waals surface area contributed by atoms with E-state index in [1.165, 1.54) is 27.0 Å². The third kappa shape index (κ3) is 14.6. The first kappa shape index (κ1) is 58.8. The van der Waals surface area contributed by atoms with E-state index in [1.807, 2.05) is 36.4 Å². The largest absolute Gasteiger partial charge is 0.352 e. The van der Waals surface area contributed by atoms with Crippen LogP contribution in [0.3, 0.4) is 0 Å². The van der Waals surface area contributed by atoms with Crippen LogP contribution in [0.25, 0.3) is 0 Å². The molecule has 2 saturated heterocycles. The summed E-state index contributed by atoms with van der Waals surface area (Å²) in [6.45, 7) is 4.02. The monoisotopic (exact) mass is 1060 g/mol. The number of benzene rings is 3. The molecule has 20 heteroatoms. The number of fused-ring (bicyclic) bond motifs is 2. The molecule has 18 nitrogen and oxygen atoms in total. The first-order valence-electron chi connectivity index (χ1n) is 25.8. The molecule has 3 aromatic carbocycles. The maximum absolute atomic E-state index is 14.2. The summed E-state index contributed by atoms with van der Waals surface area (Å²) in [5, 5.41) is 23.5. The Morgan fingerprint density at radius 1 is 0.541 bits per heavy atom. The topological polar surface area (TPSA) is 239 Å². The van der Waals surface area contributed by atoms with E-state index in [4.69, 9.17) is 0 Å². The van der Waals surface area contributed by atoms with E-state index < -0.39 is 71.7 Å². The molecule has 0 radical (unpaired) electrons. The van der Waals surface area contributed by atoms with Crippen molar-refractivity contribution in [3.8, 4) is 0 Å². The van der Waals surface area contributed by atoms with Gasteiger partial charge in [0.25, 0.3) is 11.8 Å². The van der Waals surface area contributed by atoms with Crippen molar-refractivity contribution in [1.82, 2.24) is 52.3 Å². The number of likely N-dealkylation sites (N-methyl/N-ethyl adjacent to an activating group) is 2. The second-order valence-corrected chi connectivity index (χ2v) is 19.5. The third-order valence-electron chi connectivity index (χ3n) is 14.8. The molecule has 8 N–H and O–H groups in total. The highest BCUT2D eigenvalue weighted by Gasteiger charge is 2.41. The minimum Gasteiger partial charge on any atom is -0.352 e. The molecule has 0 saturated carbocycles. The number of halogens is 2. The molecule has 0 bridgehead atoms. The minimum atomic E-state index is -1.04. The molecule has 2 aliphatic heterocycles. The molecule has 2 fully saturated rings. The quantitative estimate of drug-likeness (QED) is 0.0822. The molecule has 0 aromatic heterocycles. The lowest BCUT2D eigenvalue weighted by Gasteiger charge is -2.32. The van der Waals surface area contributed by atoms with Crippen molar-refractivity contribution >= 4 is 72.1 Å². The van der Waals surface area contributed by atoms with Crippen molar-refractivity contribution in [2.24, 2.45) is 0 Å². The van der Waals surface area contributed by atoms with Gasteiger partial charge in [0.15, 0.2) is 0 Å². The molecule has 2 aliphatic carbocycles. The average Bonchev–Trinajstić information content (AvgIpc) is 4.11. The van der Waals surface area contributed by atoms with Crippen molar-refractivity contribution in [3.63, 3.8) is 0 Å². The molecule has 7 rings (SSSR count). The number of hydrogen-bond donors (Lipinski definition) is 8. The lowest BCUT2D eigenvalue weighted by atomic mass is 9.87. The molecule has 8 amide bonds. The highest BCUT2D eigenvalue weighted by molar-refractivity contribution is 6.00. The van der Waals surface area contributed by atoms with Crippen LogP contribution < -0.4 is 42.5 Å². The van der Waals surface area contributed by atoms with Crippen molar-refractivity contribution < 1.29 is 38.4 Å². The number of carbonyl (C=O) groups is 8. The van der Waals surface area contributed by atoms with Gasteiger partial charge in [-0.1, -0.05) is 54.6 Å². The zero-order chi connectivity index (χ0) is 51.3. The fraction of sp³-hybridized carbons (Fsp3) is 0.519. The van der Waals surface area contributed by atoms with E-state index in [0.29, 0.717) is 38.8 Å². The first-order chi connectivity index (χ1) is 34.8. The standard InChI is InChI=1S/C54H72N10O8.2ClH/c1-33(55-3)47(65)61-43(53(71)63-30-12-24-45(63)51(69)59-41-22-10-16-35-14-5-7-20-39(35)41)26-28-57-49(67)37-18-9-19-38(32-37)50(68)58-29-27-44(62-48(66)34(2)56-4)54(72)64-31-13-25-46(64)52(70)60-42-23-11-17-36-15-6-8-21-40(36)42;;/h5-9,14-15,18-21,32-34,41-46,55-56H,10-13,16-17,22-31H2,1-4H3,(H,57,67)(H,58,68)(H,59,69)(H,60,70)(H,61,65)(H,62,66);2*1H/t33-,34-,41+,42+,43-,44-,45-,46-;;/m0../s1. The van der Waals surface area contributed by atoms with Gasteiger partial charge >= 0.3 is 0 Å². The molecular weight excluding hydrogens is 988 g/mol. The third-order valence-corrected chi connectivity index (χ3v) is 14.8. The fourth-order valence-corrected chi connectivity index (χ4v) is 10.4. The average molecular weight is 1060 g/mol. The Hall–Kier alpha value is -6.08. The van der Waals surface area contributed by atoms with E-state index in [2.05, 4.69) is 54.7 Å². The van der Waals surface area contributed by atoms with Crippen molar-refractivity contribution in [2.45, 2.75) is 139 Å². The fourth-order valence-electron chi connectivity index (χ4n) is 10.4. The van der Waals surface area contributed by atoms with Crippen LogP contribution in [-0.2, 0) is 41.6 Å². The van der Waals surface area contributed by atoms with Crippen LogP contribution >= 0.6 is 24.8 Å². The first-order valence-corrected chi connectivity index (χ1v) is 25.8. The maximum Gasteiger partial charge on any atom is 0.251 e. The van der Waals surface area contributed by atoms with Crippen LogP contribution in [0.2, 0.25) is 0 Å². The molecule has 3 aromatic rings. The number of likely N-dealkylation sites (tertiary alicyclic amines) is 2. The Morgan fingerprint density at radius 3 is 1.35 bits per heavy atom. The van der Waals surface area contributed by atoms with Gasteiger partial charge in [-0.15, -0.1) is 24.8 Å². The summed E-state index contributed by atoms with van der Waals surface area (Å²) >= 11 is 0. The molecule has 74 heavy (non-hydrogen) atoms. The summed E-state index contributed by atoms with van der Waals surface area (Å²) < 4.78 is 0. The second kappa shape index (κ2) is 28.0. The van der Waals surface area contributed by atoms with Crippen molar-refractivity contribution in [1.29, 1.82) is 0 Å². The molecule has 4 aliphatic rings. The van der Waals surface area contributed by atoms with Crippen LogP contribution in [0.5, 0.6) is 0 Å². The predicted octanol–water partition coefficient (Wildman–Crippen LogP) is 3.33. The molecule has 0 spiro atoms. The number of nitrogens with one attached hydrogen (secondary N) is 8. The zero-order valence-corrected chi connectivity index (χ0v) is 44.5. The highest BCUT2D eigenvalue weighted by atomic mass is 35.5. The molecule has 0 unspecified atom stereocenters. The molecule has 8 atom stereocenters. The van der Waals surface area contributed by atoms with Gasteiger partial charge in [0, 0.05) is 37.3 Å². The van der Waals surface area contributed by atoms with Gasteiger partial charge in [-0.3, -0.25) is 38.4 Å². The van der Waals surface area contributed by atoms with Crippen molar-refractivity contribution in [3.05, 3.63) is 106 Å². The molecular formula is C54H74Cl2N10O8. The van der Waals surface area contributed by atoms with E-state index in [0.717, 1.165) is 49.7 Å². The van der Waals surface area contributed by atoms with Crippen LogP contribution in [0.1, 0.15) is 133 Å². The van der Waals surface area contributed by atoms with Crippen molar-refractivity contribution in [2.75, 3.05) is 40.3 Å². The molecule has 2 heterocycles. The number of nitrogens with zero attached hydrogens (tertiary/aromatic N) is 2. The van der Waals surface area contributed by atoms with Gasteiger partial charge in [-0.2, -0.15) is 0 Å². The van der Waals surface area contributed by atoms with Gasteiger partial charge in [0.1, 0.15) is 24.2 Å². The second-order valence-electron chi connectivity index (χ2n) is 19.5. The summed E-state index contributed by atoms with van der Waals surface area (Å²) in [4.78, 5) is 112.